The molecule has 3 heterocycles. The van der Waals surface area contributed by atoms with Crippen LogP contribution in [-0.2, 0) is 17.6 Å². The molecular formula is C16H11N5OS2. The Bertz CT molecular complexity index is 1090. The van der Waals surface area contributed by atoms with Crippen molar-refractivity contribution in [1.29, 1.82) is 5.26 Å². The van der Waals surface area contributed by atoms with Gasteiger partial charge in [0.05, 0.1) is 22.1 Å². The van der Waals surface area contributed by atoms with E-state index in [0.717, 1.165) is 21.5 Å². The number of imidazole rings is 1. The minimum absolute atomic E-state index is 0.356. The average molecular weight is 353 g/mol. The van der Waals surface area contributed by atoms with Gasteiger partial charge in [-0.3, -0.25) is 0 Å². The number of fused-ring (bicyclic) bond motifs is 2. The monoisotopic (exact) mass is 353 g/mol. The summed E-state index contributed by atoms with van der Waals surface area (Å²) in [6.07, 6.45) is 4.05. The SMILES string of the molecule is C[S+]([O-])c1nc2ccc(Cc3cnc4ccc(C#N)nn34)cc2s1. The molecule has 0 saturated heterocycles. The highest BCUT2D eigenvalue weighted by Gasteiger charge is 2.13. The molecule has 0 saturated carbocycles. The highest BCUT2D eigenvalue weighted by molar-refractivity contribution is 7.92. The largest absolute Gasteiger partial charge is 0.610 e. The zero-order chi connectivity index (χ0) is 16.7. The molecule has 0 bridgehead atoms. The number of nitrogens with zero attached hydrogens (tertiary/aromatic N) is 5. The van der Waals surface area contributed by atoms with E-state index in [1.807, 2.05) is 18.2 Å². The number of rotatable bonds is 3. The van der Waals surface area contributed by atoms with Gasteiger partial charge in [-0.25, -0.2) is 9.50 Å². The van der Waals surface area contributed by atoms with Crippen LogP contribution in [0, 0.1) is 11.3 Å². The molecule has 0 amide bonds. The number of hydrogen-bond donors (Lipinski definition) is 0. The topological polar surface area (TPSA) is 89.9 Å². The number of aromatic nitrogens is 4. The van der Waals surface area contributed by atoms with Gasteiger partial charge in [0, 0.05) is 17.6 Å². The van der Waals surface area contributed by atoms with Gasteiger partial charge in [0.1, 0.15) is 12.3 Å². The molecule has 24 heavy (non-hydrogen) atoms. The van der Waals surface area contributed by atoms with E-state index in [9.17, 15) is 4.55 Å². The van der Waals surface area contributed by atoms with Gasteiger partial charge < -0.3 is 4.55 Å². The van der Waals surface area contributed by atoms with Crippen molar-refractivity contribution in [3.8, 4) is 6.07 Å². The highest BCUT2D eigenvalue weighted by Crippen LogP contribution is 2.27. The average Bonchev–Trinajstić information content (AvgIpc) is 3.18. The first-order chi connectivity index (χ1) is 11.6. The van der Waals surface area contributed by atoms with E-state index in [1.54, 1.807) is 29.1 Å². The van der Waals surface area contributed by atoms with Gasteiger partial charge in [0.2, 0.25) is 0 Å². The lowest BCUT2D eigenvalue weighted by Gasteiger charge is -2.02. The molecule has 0 aliphatic rings. The van der Waals surface area contributed by atoms with Gasteiger partial charge in [-0.2, -0.15) is 15.3 Å². The highest BCUT2D eigenvalue weighted by atomic mass is 32.2. The number of nitriles is 1. The van der Waals surface area contributed by atoms with Crippen LogP contribution in [-0.4, -0.2) is 30.4 Å². The Morgan fingerprint density at radius 2 is 2.21 bits per heavy atom. The van der Waals surface area contributed by atoms with Crippen LogP contribution in [0.4, 0.5) is 0 Å². The molecule has 118 valence electrons. The van der Waals surface area contributed by atoms with Crippen molar-refractivity contribution < 1.29 is 4.55 Å². The van der Waals surface area contributed by atoms with Gasteiger partial charge in [-0.1, -0.05) is 17.4 Å². The van der Waals surface area contributed by atoms with Crippen molar-refractivity contribution in [1.82, 2.24) is 19.6 Å². The van der Waals surface area contributed by atoms with Crippen molar-refractivity contribution in [3.63, 3.8) is 0 Å². The van der Waals surface area contributed by atoms with E-state index in [0.29, 0.717) is 22.1 Å². The standard InChI is InChI=1S/C16H11N5OS2/c1-24(22)16-19-13-4-2-10(7-14(13)23-16)6-12-9-18-15-5-3-11(8-17)20-21(12)15/h2-5,7,9H,6H2,1H3. The summed E-state index contributed by atoms with van der Waals surface area (Å²) < 4.78 is 14.9. The first-order valence-electron chi connectivity index (χ1n) is 7.11. The van der Waals surface area contributed by atoms with Crippen LogP contribution >= 0.6 is 11.3 Å². The van der Waals surface area contributed by atoms with Crippen LogP contribution in [0.25, 0.3) is 15.9 Å². The molecule has 0 aliphatic heterocycles. The summed E-state index contributed by atoms with van der Waals surface area (Å²) in [7, 11) is 0. The second-order valence-corrected chi connectivity index (χ2v) is 7.85. The molecule has 1 atom stereocenters. The van der Waals surface area contributed by atoms with Crippen molar-refractivity contribution in [2.75, 3.05) is 6.26 Å². The lowest BCUT2D eigenvalue weighted by Crippen LogP contribution is -2.00. The third kappa shape index (κ3) is 2.63. The van der Waals surface area contributed by atoms with E-state index in [-0.39, 0.29) is 0 Å². The van der Waals surface area contributed by atoms with Crippen LogP contribution < -0.4 is 0 Å². The van der Waals surface area contributed by atoms with Crippen LogP contribution in [0.1, 0.15) is 17.0 Å². The molecule has 0 spiro atoms. The first kappa shape index (κ1) is 15.1. The molecule has 1 unspecified atom stereocenters. The van der Waals surface area contributed by atoms with E-state index in [1.165, 1.54) is 11.3 Å². The maximum Gasteiger partial charge on any atom is 0.302 e. The van der Waals surface area contributed by atoms with Crippen molar-refractivity contribution in [2.24, 2.45) is 0 Å². The Labute approximate surface area is 144 Å². The smallest absolute Gasteiger partial charge is 0.302 e. The molecular weight excluding hydrogens is 342 g/mol. The molecule has 0 radical (unpaired) electrons. The summed E-state index contributed by atoms with van der Waals surface area (Å²) >= 11 is 0.380. The van der Waals surface area contributed by atoms with Gasteiger partial charge >= 0.3 is 4.34 Å². The predicted octanol–water partition coefficient (Wildman–Crippen LogP) is 2.54. The summed E-state index contributed by atoms with van der Waals surface area (Å²) in [5.74, 6) is 0. The maximum absolute atomic E-state index is 11.6. The Hall–Kier alpha value is -2.47. The quantitative estimate of drug-likeness (QED) is 0.528. The minimum Gasteiger partial charge on any atom is -0.610 e. The Kier molecular flexibility index (Phi) is 3.69. The van der Waals surface area contributed by atoms with Crippen molar-refractivity contribution >= 4 is 38.4 Å². The second-order valence-electron chi connectivity index (χ2n) is 5.26. The van der Waals surface area contributed by atoms with E-state index >= 15 is 0 Å². The van der Waals surface area contributed by atoms with Gasteiger partial charge in [-0.05, 0) is 29.8 Å². The Morgan fingerprint density at radius 3 is 3.00 bits per heavy atom. The normalized spacial score (nSPS) is 12.5. The summed E-state index contributed by atoms with van der Waals surface area (Å²) in [5, 5.41) is 13.3. The molecule has 0 fully saturated rings. The third-order valence-electron chi connectivity index (χ3n) is 3.61. The minimum atomic E-state index is -1.07. The summed E-state index contributed by atoms with van der Waals surface area (Å²) in [6, 6.07) is 11.5. The number of benzene rings is 1. The van der Waals surface area contributed by atoms with E-state index < -0.39 is 11.2 Å². The third-order valence-corrected chi connectivity index (χ3v) is 5.96. The summed E-state index contributed by atoms with van der Waals surface area (Å²) in [4.78, 5) is 8.70. The van der Waals surface area contributed by atoms with Crippen molar-refractivity contribution in [2.45, 2.75) is 10.8 Å². The lowest BCUT2D eigenvalue weighted by molar-refractivity contribution is 0.600. The summed E-state index contributed by atoms with van der Waals surface area (Å²) in [5.41, 5.74) is 3.93. The number of hydrogen-bond acceptors (Lipinski definition) is 6. The summed E-state index contributed by atoms with van der Waals surface area (Å²) in [6.45, 7) is 0. The van der Waals surface area contributed by atoms with Gasteiger partial charge in [0.15, 0.2) is 11.3 Å². The predicted molar refractivity (Wildman–Crippen MR) is 92.5 cm³/mol. The van der Waals surface area contributed by atoms with Crippen LogP contribution in [0.2, 0.25) is 0 Å². The molecule has 4 aromatic rings. The zero-order valence-corrected chi connectivity index (χ0v) is 14.3. The van der Waals surface area contributed by atoms with Crippen LogP contribution in [0.3, 0.4) is 0 Å². The fraction of sp³-hybridized carbons (Fsp3) is 0.125. The fourth-order valence-electron chi connectivity index (χ4n) is 2.49. The second kappa shape index (κ2) is 5.87. The molecule has 3 aromatic heterocycles. The van der Waals surface area contributed by atoms with E-state index in [4.69, 9.17) is 5.26 Å². The molecule has 1 aromatic carbocycles. The Morgan fingerprint density at radius 1 is 1.33 bits per heavy atom. The molecule has 8 heteroatoms. The number of thiazole rings is 1. The molecule has 6 nitrogen and oxygen atoms in total. The lowest BCUT2D eigenvalue weighted by atomic mass is 10.1. The first-order valence-corrected chi connectivity index (χ1v) is 9.48. The van der Waals surface area contributed by atoms with Gasteiger partial charge in [-0.15, -0.1) is 0 Å². The Balaban J connectivity index is 1.72. The van der Waals surface area contributed by atoms with E-state index in [2.05, 4.69) is 21.1 Å². The molecule has 0 aliphatic carbocycles. The molecule has 4 rings (SSSR count). The zero-order valence-electron chi connectivity index (χ0n) is 12.6. The van der Waals surface area contributed by atoms with Crippen molar-refractivity contribution in [3.05, 3.63) is 53.5 Å². The van der Waals surface area contributed by atoms with Crippen LogP contribution in [0.15, 0.2) is 40.9 Å². The van der Waals surface area contributed by atoms with Crippen LogP contribution in [0.5, 0.6) is 0 Å². The maximum atomic E-state index is 11.6. The molecule has 0 N–H and O–H groups in total. The van der Waals surface area contributed by atoms with Gasteiger partial charge in [0.25, 0.3) is 0 Å². The fourth-order valence-corrected chi connectivity index (χ4v) is 4.22.